The minimum atomic E-state index is -0.833. The highest BCUT2D eigenvalue weighted by atomic mass is 79.9. The fraction of sp³-hybridized carbons (Fsp3) is 0.500. The number of likely N-dealkylation sites (N-methyl/N-ethyl adjacent to an activating group) is 1. The van der Waals surface area contributed by atoms with Gasteiger partial charge in [0.15, 0.2) is 0 Å². The van der Waals surface area contributed by atoms with Crippen molar-refractivity contribution in [2.45, 2.75) is 13.0 Å². The Labute approximate surface area is 89.3 Å². The third-order valence-corrected chi connectivity index (χ3v) is 2.42. The van der Waals surface area contributed by atoms with E-state index in [0.717, 1.165) is 4.90 Å². The Hall–Kier alpha value is -1.31. The molecule has 1 unspecified atom stereocenters. The van der Waals surface area contributed by atoms with E-state index in [4.69, 9.17) is 4.79 Å². The minimum absolute atomic E-state index is 0.179. The molecule has 1 fully saturated rings. The highest BCUT2D eigenvalue weighted by Crippen LogP contribution is 2.18. The fourth-order valence-electron chi connectivity index (χ4n) is 0.780. The van der Waals surface area contributed by atoms with Gasteiger partial charge in [-0.3, -0.25) is 9.69 Å². The molecule has 5 amide bonds. The van der Waals surface area contributed by atoms with Gasteiger partial charge in [0.1, 0.15) is 6.04 Å². The number of hydrogen-bond acceptors (Lipinski definition) is 3. The van der Waals surface area contributed by atoms with Gasteiger partial charge >= 0.3 is 12.1 Å². The van der Waals surface area contributed by atoms with E-state index in [-0.39, 0.29) is 18.0 Å². The monoisotopic (exact) mass is 266 g/mol. The molecule has 0 bridgehead atoms. The van der Waals surface area contributed by atoms with Gasteiger partial charge in [-0.2, -0.15) is 0 Å². The van der Waals surface area contributed by atoms with E-state index in [1.165, 1.54) is 11.0 Å². The first-order valence-corrected chi connectivity index (χ1v) is 4.31. The van der Waals surface area contributed by atoms with E-state index in [9.17, 15) is 9.59 Å². The van der Waals surface area contributed by atoms with E-state index >= 15 is 0 Å². The molecule has 80 valence electrons. The summed E-state index contributed by atoms with van der Waals surface area (Å²) in [5.74, 6) is -0.179. The number of nitrogens with zero attached hydrogens (tertiary/aromatic N) is 2. The van der Waals surface area contributed by atoms with Crippen molar-refractivity contribution < 1.29 is 14.4 Å². The Morgan fingerprint density at radius 1 is 1.43 bits per heavy atom. The van der Waals surface area contributed by atoms with Gasteiger partial charge in [0, 0.05) is 7.05 Å². The van der Waals surface area contributed by atoms with E-state index in [0.29, 0.717) is 0 Å². The van der Waals surface area contributed by atoms with Crippen LogP contribution < -0.4 is 11.5 Å². The van der Waals surface area contributed by atoms with Crippen LogP contribution in [0.2, 0.25) is 0 Å². The molecule has 0 aliphatic carbocycles. The van der Waals surface area contributed by atoms with Crippen LogP contribution in [0.4, 0.5) is 9.59 Å². The summed E-state index contributed by atoms with van der Waals surface area (Å²) in [7, 11) is 1.46. The first-order chi connectivity index (χ1) is 6.29. The van der Waals surface area contributed by atoms with Crippen molar-refractivity contribution in [3.63, 3.8) is 0 Å². The fourth-order valence-corrected chi connectivity index (χ4v) is 1.19. The third-order valence-electron chi connectivity index (χ3n) is 1.50. The Morgan fingerprint density at radius 3 is 1.86 bits per heavy atom. The van der Waals surface area contributed by atoms with Gasteiger partial charge in [0.2, 0.25) is 0 Å². The molecule has 0 aromatic rings. The standard InChI is InChI=1S/C5H7BrN2O2.CH4N2O/c1-3-4(9)7(2)5(10)8(3)6;2-1(3)4/h3H,1-2H3;(H4,2,3,4). The third kappa shape index (κ3) is 2.87. The molecule has 0 aromatic heterocycles. The van der Waals surface area contributed by atoms with E-state index in [2.05, 4.69) is 27.6 Å². The number of primary amides is 2. The lowest BCUT2D eigenvalue weighted by Gasteiger charge is -2.06. The average Bonchev–Trinajstić information content (AvgIpc) is 2.23. The van der Waals surface area contributed by atoms with Crippen LogP contribution in [0, 0.1) is 0 Å². The molecular formula is C6H11BrN4O3. The van der Waals surface area contributed by atoms with Crippen molar-refractivity contribution in [3.05, 3.63) is 0 Å². The van der Waals surface area contributed by atoms with Crippen LogP contribution >= 0.6 is 16.1 Å². The molecule has 0 radical (unpaired) electrons. The first kappa shape index (κ1) is 12.7. The topological polar surface area (TPSA) is 110 Å². The quantitative estimate of drug-likeness (QED) is 0.460. The number of halogens is 1. The summed E-state index contributed by atoms with van der Waals surface area (Å²) in [5, 5.41) is 0. The number of imide groups is 1. The molecule has 1 saturated heterocycles. The molecule has 8 heteroatoms. The van der Waals surface area contributed by atoms with Crippen molar-refractivity contribution >= 4 is 34.1 Å². The maximum atomic E-state index is 11.0. The smallest absolute Gasteiger partial charge is 0.337 e. The molecule has 7 nitrogen and oxygen atoms in total. The molecule has 1 rings (SSSR count). The summed E-state index contributed by atoms with van der Waals surface area (Å²) in [4.78, 5) is 32.0. The van der Waals surface area contributed by atoms with Gasteiger partial charge in [-0.05, 0) is 6.92 Å². The van der Waals surface area contributed by atoms with E-state index < -0.39 is 6.03 Å². The first-order valence-electron chi connectivity index (χ1n) is 3.60. The summed E-state index contributed by atoms with van der Waals surface area (Å²) in [5.41, 5.74) is 8.50. The van der Waals surface area contributed by atoms with Crippen LogP contribution in [0.25, 0.3) is 0 Å². The van der Waals surface area contributed by atoms with Crippen molar-refractivity contribution in [1.82, 2.24) is 8.83 Å². The number of amides is 5. The molecule has 1 aliphatic heterocycles. The van der Waals surface area contributed by atoms with Gasteiger partial charge in [-0.25, -0.2) is 13.5 Å². The van der Waals surface area contributed by atoms with Crippen molar-refractivity contribution in [2.75, 3.05) is 7.05 Å². The van der Waals surface area contributed by atoms with Gasteiger partial charge in [0.25, 0.3) is 5.91 Å². The van der Waals surface area contributed by atoms with Gasteiger partial charge < -0.3 is 11.5 Å². The van der Waals surface area contributed by atoms with Crippen molar-refractivity contribution in [1.29, 1.82) is 0 Å². The average molecular weight is 267 g/mol. The zero-order valence-corrected chi connectivity index (χ0v) is 9.32. The number of carbonyl (C=O) groups excluding carboxylic acids is 3. The molecular weight excluding hydrogens is 256 g/mol. The van der Waals surface area contributed by atoms with Crippen LogP contribution in [-0.2, 0) is 4.79 Å². The summed E-state index contributed by atoms with van der Waals surface area (Å²) >= 11 is 2.97. The van der Waals surface area contributed by atoms with Crippen LogP contribution in [0.5, 0.6) is 0 Å². The Bertz CT molecular complexity index is 246. The number of carbonyl (C=O) groups is 3. The Morgan fingerprint density at radius 2 is 1.79 bits per heavy atom. The van der Waals surface area contributed by atoms with Crippen LogP contribution in [0.3, 0.4) is 0 Å². The SMILES string of the molecule is CC1C(=O)N(C)C(=O)N1Br.NC(N)=O. The maximum absolute atomic E-state index is 11.0. The molecule has 1 aliphatic rings. The zero-order valence-electron chi connectivity index (χ0n) is 7.73. The van der Waals surface area contributed by atoms with Crippen LogP contribution in [0.1, 0.15) is 6.92 Å². The number of urea groups is 2. The van der Waals surface area contributed by atoms with Crippen molar-refractivity contribution in [3.8, 4) is 0 Å². The van der Waals surface area contributed by atoms with E-state index in [1.54, 1.807) is 6.92 Å². The number of rotatable bonds is 0. The molecule has 1 heterocycles. The summed E-state index contributed by atoms with van der Waals surface area (Å²) in [6.45, 7) is 1.67. The summed E-state index contributed by atoms with van der Waals surface area (Å²) in [6.07, 6.45) is 0. The molecule has 4 N–H and O–H groups in total. The molecule has 14 heavy (non-hydrogen) atoms. The van der Waals surface area contributed by atoms with Crippen LogP contribution in [0.15, 0.2) is 0 Å². The Kier molecular flexibility index (Phi) is 4.35. The minimum Gasteiger partial charge on any atom is -0.352 e. The summed E-state index contributed by atoms with van der Waals surface area (Å²) in [6, 6.07) is -1.52. The molecule has 0 saturated carbocycles. The lowest BCUT2D eigenvalue weighted by atomic mass is 10.3. The largest absolute Gasteiger partial charge is 0.352 e. The summed E-state index contributed by atoms with van der Waals surface area (Å²) < 4.78 is 1.23. The van der Waals surface area contributed by atoms with Gasteiger partial charge in [-0.15, -0.1) is 0 Å². The second-order valence-electron chi connectivity index (χ2n) is 2.57. The highest BCUT2D eigenvalue weighted by Gasteiger charge is 2.38. The second-order valence-corrected chi connectivity index (χ2v) is 3.33. The maximum Gasteiger partial charge on any atom is 0.337 e. The van der Waals surface area contributed by atoms with E-state index in [1.807, 2.05) is 0 Å². The predicted octanol–water partition coefficient (Wildman–Crippen LogP) is -0.397. The highest BCUT2D eigenvalue weighted by molar-refractivity contribution is 9.07. The second kappa shape index (κ2) is 4.80. The van der Waals surface area contributed by atoms with Gasteiger partial charge in [-0.1, -0.05) is 0 Å². The number of nitrogens with two attached hydrogens (primary N) is 2. The predicted molar refractivity (Wildman–Crippen MR) is 52.2 cm³/mol. The molecule has 0 spiro atoms. The molecule has 1 atom stereocenters. The van der Waals surface area contributed by atoms with Gasteiger partial charge in [0.05, 0.1) is 16.1 Å². The zero-order chi connectivity index (χ0) is 11.5. The van der Waals surface area contributed by atoms with Crippen molar-refractivity contribution in [2.24, 2.45) is 11.5 Å². The van der Waals surface area contributed by atoms with Crippen LogP contribution in [-0.4, -0.2) is 39.9 Å². The Balaban J connectivity index is 0.000000364. The molecule has 0 aromatic carbocycles. The number of hydrogen-bond donors (Lipinski definition) is 2. The normalized spacial score (nSPS) is 20.6. The lowest BCUT2D eigenvalue weighted by molar-refractivity contribution is -0.126. The lowest BCUT2D eigenvalue weighted by Crippen LogP contribution is -2.25.